The molecule has 0 aliphatic carbocycles. The summed E-state index contributed by atoms with van der Waals surface area (Å²) in [7, 11) is -2.64. The highest BCUT2D eigenvalue weighted by molar-refractivity contribution is 7.89. The van der Waals surface area contributed by atoms with Crippen molar-refractivity contribution >= 4 is 21.6 Å². The second kappa shape index (κ2) is 4.30. The van der Waals surface area contributed by atoms with Crippen LogP contribution in [0.25, 0.3) is 11.4 Å². The average Bonchev–Trinajstić information content (AvgIpc) is 2.63. The van der Waals surface area contributed by atoms with Gasteiger partial charge in [-0.15, -0.1) is 10.2 Å². The van der Waals surface area contributed by atoms with Crippen molar-refractivity contribution < 1.29 is 12.8 Å². The van der Waals surface area contributed by atoms with E-state index in [2.05, 4.69) is 10.2 Å². The van der Waals surface area contributed by atoms with Gasteiger partial charge in [0.05, 0.1) is 5.56 Å². The Morgan fingerprint density at radius 2 is 2.06 bits per heavy atom. The molecule has 0 saturated heterocycles. The zero-order chi connectivity index (χ0) is 13.5. The smallest absolute Gasteiger partial charge is 0.273 e. The number of rotatable bonds is 2. The molecule has 6 nitrogen and oxygen atoms in total. The molecule has 9 heteroatoms. The zero-order valence-electron chi connectivity index (χ0n) is 9.13. The molecule has 1 aromatic carbocycles. The lowest BCUT2D eigenvalue weighted by Crippen LogP contribution is -2.17. The first-order chi connectivity index (χ1) is 8.30. The van der Waals surface area contributed by atoms with E-state index in [4.69, 9.17) is 16.7 Å². The topological polar surface area (TPSA) is 90.9 Å². The van der Waals surface area contributed by atoms with E-state index in [-0.39, 0.29) is 11.4 Å². The largest absolute Gasteiger partial charge is 0.300 e. The molecule has 0 radical (unpaired) electrons. The maximum Gasteiger partial charge on any atom is 0.273 e. The number of nitrogens with two attached hydrogens (primary N) is 1. The normalized spacial score (nSPS) is 11.8. The molecule has 1 heterocycles. The van der Waals surface area contributed by atoms with Gasteiger partial charge >= 0.3 is 0 Å². The summed E-state index contributed by atoms with van der Waals surface area (Å²) in [6.07, 6.45) is 0. The van der Waals surface area contributed by atoms with E-state index < -0.39 is 21.0 Å². The van der Waals surface area contributed by atoms with Crippen LogP contribution >= 0.6 is 11.6 Å². The average molecular weight is 291 g/mol. The quantitative estimate of drug-likeness (QED) is 0.890. The van der Waals surface area contributed by atoms with Gasteiger partial charge in [0.15, 0.2) is 5.82 Å². The molecule has 1 aromatic heterocycles. The fraction of sp³-hybridized carbons (Fsp3) is 0.111. The van der Waals surface area contributed by atoms with Crippen LogP contribution in [0, 0.1) is 5.82 Å². The summed E-state index contributed by atoms with van der Waals surface area (Å²) in [6.45, 7) is 0. The molecule has 2 N–H and O–H groups in total. The van der Waals surface area contributed by atoms with Crippen molar-refractivity contribution in [2.45, 2.75) is 5.16 Å². The number of hydrogen-bond donors (Lipinski definition) is 1. The van der Waals surface area contributed by atoms with Crippen LogP contribution < -0.4 is 5.14 Å². The number of nitrogens with zero attached hydrogens (tertiary/aromatic N) is 3. The lowest BCUT2D eigenvalue weighted by atomic mass is 10.2. The summed E-state index contributed by atoms with van der Waals surface area (Å²) in [5.41, 5.74) is 0.0485. The number of benzene rings is 1. The van der Waals surface area contributed by atoms with Crippen molar-refractivity contribution in [3.05, 3.63) is 29.0 Å². The van der Waals surface area contributed by atoms with Crippen LogP contribution in [0.3, 0.4) is 0 Å². The second-order valence-electron chi connectivity index (χ2n) is 3.53. The van der Waals surface area contributed by atoms with Gasteiger partial charge in [0, 0.05) is 12.1 Å². The Balaban J connectivity index is 2.67. The van der Waals surface area contributed by atoms with E-state index in [1.807, 2.05) is 0 Å². The van der Waals surface area contributed by atoms with E-state index in [0.717, 1.165) is 10.6 Å². The molecule has 0 fully saturated rings. The van der Waals surface area contributed by atoms with Gasteiger partial charge in [-0.2, -0.15) is 0 Å². The maximum atomic E-state index is 13.6. The van der Waals surface area contributed by atoms with E-state index in [1.54, 1.807) is 0 Å². The summed E-state index contributed by atoms with van der Waals surface area (Å²) in [6, 6.07) is 3.86. The van der Waals surface area contributed by atoms with Crippen LogP contribution in [0.15, 0.2) is 23.4 Å². The van der Waals surface area contributed by atoms with Crippen molar-refractivity contribution in [2.24, 2.45) is 12.2 Å². The molecule has 2 rings (SSSR count). The molecular weight excluding hydrogens is 283 g/mol. The third-order valence-corrected chi connectivity index (χ3v) is 3.36. The third kappa shape index (κ3) is 2.22. The van der Waals surface area contributed by atoms with Gasteiger partial charge in [-0.3, -0.25) is 4.57 Å². The van der Waals surface area contributed by atoms with Crippen LogP contribution in [-0.4, -0.2) is 23.2 Å². The summed E-state index contributed by atoms with van der Waals surface area (Å²) in [4.78, 5) is 0. The van der Waals surface area contributed by atoms with Gasteiger partial charge in [0.1, 0.15) is 5.82 Å². The maximum absolute atomic E-state index is 13.6. The molecule has 0 spiro atoms. The molecule has 0 aliphatic rings. The van der Waals surface area contributed by atoms with Gasteiger partial charge in [0.2, 0.25) is 0 Å². The predicted octanol–water partition coefficient (Wildman–Crippen LogP) is 0.922. The minimum Gasteiger partial charge on any atom is -0.300 e. The molecule has 0 amide bonds. The first-order valence-electron chi connectivity index (χ1n) is 4.68. The van der Waals surface area contributed by atoms with Gasteiger partial charge in [-0.25, -0.2) is 17.9 Å². The Labute approximate surface area is 107 Å². The van der Waals surface area contributed by atoms with E-state index in [0.29, 0.717) is 5.02 Å². The summed E-state index contributed by atoms with van der Waals surface area (Å²) in [5, 5.41) is 11.8. The number of sulfonamides is 1. The highest BCUT2D eigenvalue weighted by Gasteiger charge is 2.21. The first-order valence-corrected chi connectivity index (χ1v) is 6.61. The van der Waals surface area contributed by atoms with Crippen LogP contribution in [0.1, 0.15) is 0 Å². The van der Waals surface area contributed by atoms with Crippen molar-refractivity contribution in [3.8, 4) is 11.4 Å². The lowest BCUT2D eigenvalue weighted by molar-refractivity contribution is 0.580. The van der Waals surface area contributed by atoms with Crippen molar-refractivity contribution in [1.82, 2.24) is 14.8 Å². The van der Waals surface area contributed by atoms with E-state index >= 15 is 0 Å². The lowest BCUT2D eigenvalue weighted by Gasteiger charge is -2.04. The minimum atomic E-state index is -4.01. The zero-order valence-corrected chi connectivity index (χ0v) is 10.7. The Morgan fingerprint density at radius 1 is 1.39 bits per heavy atom. The summed E-state index contributed by atoms with van der Waals surface area (Å²) in [5.74, 6) is -0.560. The Kier molecular flexibility index (Phi) is 3.09. The molecule has 18 heavy (non-hydrogen) atoms. The van der Waals surface area contributed by atoms with Crippen LogP contribution in [0.4, 0.5) is 4.39 Å². The molecule has 0 aliphatic heterocycles. The first kappa shape index (κ1) is 12.9. The molecule has 0 unspecified atom stereocenters. The Hall–Kier alpha value is -1.51. The molecule has 0 atom stereocenters. The van der Waals surface area contributed by atoms with E-state index in [1.165, 1.54) is 19.2 Å². The number of halogens is 2. The molecule has 0 saturated carbocycles. The van der Waals surface area contributed by atoms with Gasteiger partial charge in [-0.05, 0) is 18.2 Å². The van der Waals surface area contributed by atoms with Gasteiger partial charge < -0.3 is 0 Å². The fourth-order valence-electron chi connectivity index (χ4n) is 1.47. The standard InChI is InChI=1S/C9H8ClFN4O2S/c1-15-8(13-14-9(15)18(12,16)17)6-4-5(10)2-3-7(6)11/h2-4H,1H3,(H2,12,16,17). The Morgan fingerprint density at radius 3 is 2.61 bits per heavy atom. The van der Waals surface area contributed by atoms with Crippen LogP contribution in [-0.2, 0) is 17.1 Å². The van der Waals surface area contributed by atoms with Gasteiger partial charge in [-0.1, -0.05) is 11.6 Å². The van der Waals surface area contributed by atoms with Crippen molar-refractivity contribution in [2.75, 3.05) is 0 Å². The molecular formula is C9H8ClFN4O2S. The molecule has 2 aromatic rings. The second-order valence-corrected chi connectivity index (χ2v) is 5.43. The highest BCUT2D eigenvalue weighted by Crippen LogP contribution is 2.25. The molecule has 0 bridgehead atoms. The predicted molar refractivity (Wildman–Crippen MR) is 62.8 cm³/mol. The number of hydrogen-bond acceptors (Lipinski definition) is 4. The summed E-state index contributed by atoms with van der Waals surface area (Å²) < 4.78 is 37.1. The fourth-order valence-corrected chi connectivity index (χ4v) is 2.26. The van der Waals surface area contributed by atoms with Crippen molar-refractivity contribution in [1.29, 1.82) is 0 Å². The third-order valence-electron chi connectivity index (χ3n) is 2.26. The Bertz CT molecular complexity index is 713. The van der Waals surface area contributed by atoms with Gasteiger partial charge in [0.25, 0.3) is 15.2 Å². The number of primary sulfonamides is 1. The highest BCUT2D eigenvalue weighted by atomic mass is 35.5. The van der Waals surface area contributed by atoms with Crippen LogP contribution in [0.5, 0.6) is 0 Å². The SMILES string of the molecule is Cn1c(-c2cc(Cl)ccc2F)nnc1S(N)(=O)=O. The van der Waals surface area contributed by atoms with Crippen molar-refractivity contribution in [3.63, 3.8) is 0 Å². The molecule has 96 valence electrons. The monoisotopic (exact) mass is 290 g/mol. The summed E-state index contributed by atoms with van der Waals surface area (Å²) >= 11 is 5.75. The minimum absolute atomic E-state index is 0.0269. The van der Waals surface area contributed by atoms with E-state index in [9.17, 15) is 12.8 Å². The number of aromatic nitrogens is 3. The van der Waals surface area contributed by atoms with Crippen LogP contribution in [0.2, 0.25) is 5.02 Å².